The van der Waals surface area contributed by atoms with Crippen LogP contribution in [0.1, 0.15) is 79.1 Å². The van der Waals surface area contributed by atoms with Gasteiger partial charge in [0.25, 0.3) is 0 Å². The summed E-state index contributed by atoms with van der Waals surface area (Å²) < 4.78 is 22.5. The Morgan fingerprint density at radius 3 is 1.34 bits per heavy atom. The number of piperazine rings is 1. The Labute approximate surface area is 498 Å². The van der Waals surface area contributed by atoms with E-state index in [0.717, 1.165) is 6.42 Å². The second-order valence-electron chi connectivity index (χ2n) is 14.9. The number of halogens is 6. The molecule has 25 nitrogen and oxygen atoms in total. The van der Waals surface area contributed by atoms with Crippen molar-refractivity contribution < 1.29 is 76.4 Å². The fourth-order valence-corrected chi connectivity index (χ4v) is 6.19. The molecule has 2 aliphatic heterocycles. The minimum atomic E-state index is -0.356. The highest BCUT2D eigenvalue weighted by Crippen LogP contribution is 2.09. The molecule has 454 valence electrons. The molecule has 5 atom stereocenters. The van der Waals surface area contributed by atoms with Gasteiger partial charge < -0.3 is 72.0 Å². The Balaban J connectivity index is -0.000000151. The number of carbonyl (C=O) groups is 11. The van der Waals surface area contributed by atoms with Crippen LogP contribution in [0.15, 0.2) is 0 Å². The highest BCUT2D eigenvalue weighted by Gasteiger charge is 2.21. The first-order valence-corrected chi connectivity index (χ1v) is 28.2. The number of nitrogens with two attached hydrogens (primary N) is 1. The molecule has 2 aliphatic rings. The predicted octanol–water partition coefficient (Wildman–Crippen LogP) is 1.64. The molecule has 3 amide bonds. The molecule has 77 heavy (non-hydrogen) atoms. The summed E-state index contributed by atoms with van der Waals surface area (Å²) in [5.74, 6) is -1.18. The van der Waals surface area contributed by atoms with E-state index in [-0.39, 0.29) is 139 Å². The molecule has 0 aromatic carbocycles. The maximum absolute atomic E-state index is 11.1. The molecule has 0 radical (unpaired) electrons. The third kappa shape index (κ3) is 63.7. The first kappa shape index (κ1) is 87.9. The van der Waals surface area contributed by atoms with Gasteiger partial charge in [0.15, 0.2) is 0 Å². The summed E-state index contributed by atoms with van der Waals surface area (Å²) in [6.07, 6.45) is 4.26. The minimum Gasteiger partial charge on any atom is -0.469 e. The van der Waals surface area contributed by atoms with Crippen LogP contribution in [0.25, 0.3) is 0 Å². The normalized spacial score (nSPS) is 14.9. The van der Waals surface area contributed by atoms with E-state index in [4.69, 9.17) is 28.9 Å². The second-order valence-corrected chi connectivity index (χ2v) is 18.5. The van der Waals surface area contributed by atoms with E-state index in [2.05, 4.69) is 130 Å². The van der Waals surface area contributed by atoms with E-state index < -0.39 is 0 Å². The van der Waals surface area contributed by atoms with Crippen molar-refractivity contribution in [2.24, 2.45) is 5.73 Å². The smallest absolute Gasteiger partial charge is 0.307 e. The lowest BCUT2D eigenvalue weighted by molar-refractivity contribution is -0.142. The Kier molecular flexibility index (Phi) is 71.0. The summed E-state index contributed by atoms with van der Waals surface area (Å²) >= 11 is 21.8. The Morgan fingerprint density at radius 2 is 1.01 bits per heavy atom. The van der Waals surface area contributed by atoms with Crippen LogP contribution in [0.3, 0.4) is 0 Å². The van der Waals surface area contributed by atoms with Crippen molar-refractivity contribution in [3.63, 3.8) is 0 Å². The number of Topliss-reactive ketones (excluding diaryl/α,β-unsaturated/α-hetero) is 1. The fourth-order valence-electron chi connectivity index (χ4n) is 4.95. The lowest BCUT2D eigenvalue weighted by atomic mass is 10.1. The summed E-state index contributed by atoms with van der Waals surface area (Å²) in [6, 6.07) is -0.0244. The molecule has 0 aromatic heterocycles. The van der Waals surface area contributed by atoms with Gasteiger partial charge in [-0.15, -0.1) is 0 Å². The number of hydrogen-bond donors (Lipinski definition) is 9. The topological polar surface area (TPSA) is 356 Å². The lowest BCUT2D eigenvalue weighted by Gasteiger charge is -2.22. The molecular formula is C46H87Br4Cl2N9O16. The monoisotopic (exact) mass is 1410 g/mol. The highest BCUT2D eigenvalue weighted by molar-refractivity contribution is 9.10. The number of alkyl halides is 4. The molecule has 0 saturated carbocycles. The quantitative estimate of drug-likeness (QED) is 0.0287. The zero-order chi connectivity index (χ0) is 58.6. The van der Waals surface area contributed by atoms with Gasteiger partial charge in [-0.3, -0.25) is 52.7 Å². The van der Waals surface area contributed by atoms with Gasteiger partial charge in [0, 0.05) is 99.3 Å². The summed E-state index contributed by atoms with van der Waals surface area (Å²) in [7, 11) is 12.0. The van der Waals surface area contributed by atoms with Crippen molar-refractivity contribution in [2.45, 2.75) is 109 Å². The average Bonchev–Trinajstić information content (AvgIpc) is 3.61. The molecular weight excluding hydrogens is 1330 g/mol. The number of rotatable bonds is 24. The number of nitrogens with one attached hydrogen (secondary N) is 8. The lowest BCUT2D eigenvalue weighted by Crippen LogP contribution is -2.52. The van der Waals surface area contributed by atoms with Crippen molar-refractivity contribution in [3.05, 3.63) is 0 Å². The molecule has 2 fully saturated rings. The molecule has 31 heteroatoms. The predicted molar refractivity (Wildman–Crippen MR) is 312 cm³/mol. The Hall–Kier alpha value is -2.97. The molecule has 0 bridgehead atoms. The number of methoxy groups -OCH3 is 5. The van der Waals surface area contributed by atoms with Gasteiger partial charge in [-0.2, -0.15) is 0 Å². The van der Waals surface area contributed by atoms with Gasteiger partial charge in [0.1, 0.15) is 5.78 Å². The standard InChI is InChI=1S/C9H17BrN2O3.C9H15NO3.C8H15BrN2O3.C7H12N2O3.C6H14N2O2.C3H4BrClO.C2H2BrClO.2CH4/c1-11-7(5-9(14)15-2)6-12-8(13)3-4-10;1-13-9(12)6-7-2-3-8(11)4-5-10-7;1-10-6(3-8(13)14-2)5-11-7(12)4-9;1-12-7(11)2-5-3-9-6(10)4-8-5;1-8-5(4-7)3-6(9)10-2;4-2-1-3(5)6;3-1-2(4)5;;/h7,11H,3-6H2,1-2H3,(H,12,13);7,10H,2-6H2,1H3;6,10H,3-5H2,1-2H3,(H,11,12);5,8H,2-4H2,1H3,(H,9,10);5,8H,3-4,7H2,1-2H3;1-2H2;1H2;2*1H4/t2*7-;6-;2*5-;;;;/m10111..../s1. The number of carbonyl (C=O) groups excluding carboxylic acids is 11. The van der Waals surface area contributed by atoms with Gasteiger partial charge >= 0.3 is 29.8 Å². The average molecular weight is 1410 g/mol. The van der Waals surface area contributed by atoms with E-state index in [1.54, 1.807) is 21.1 Å². The summed E-state index contributed by atoms with van der Waals surface area (Å²) in [5.41, 5.74) is 5.32. The zero-order valence-electron chi connectivity index (χ0n) is 43.9. The van der Waals surface area contributed by atoms with Crippen molar-refractivity contribution in [1.82, 2.24) is 42.5 Å². The number of hydrogen-bond acceptors (Lipinski definition) is 22. The SMILES string of the molecule is C.C.CN[C@@H](CN)CC(=O)OC.CN[C@@H](CNC(=O)CBr)CC(=O)OC.CN[C@@H](CNC(=O)CCBr)CC(=O)OC.COC(=O)C[C@@H]1CCC(=O)CCN1.COC(=O)C[C@@H]1CNC(=O)CN1.O=C(Cl)CBr.O=C(Cl)CCBr. The molecule has 2 saturated heterocycles. The molecule has 0 aliphatic carbocycles. The molecule has 2 heterocycles. The fraction of sp³-hybridized carbons (Fsp3) is 0.761. The Bertz CT molecular complexity index is 1630. The van der Waals surface area contributed by atoms with Crippen LogP contribution in [0.2, 0.25) is 0 Å². The number of esters is 5. The molecule has 10 N–H and O–H groups in total. The van der Waals surface area contributed by atoms with Crippen LogP contribution < -0.4 is 48.3 Å². The van der Waals surface area contributed by atoms with Crippen molar-refractivity contribution in [1.29, 1.82) is 0 Å². The van der Waals surface area contributed by atoms with E-state index in [9.17, 15) is 52.7 Å². The zero-order valence-corrected chi connectivity index (χ0v) is 51.8. The molecule has 2 rings (SSSR count). The Morgan fingerprint density at radius 1 is 0.597 bits per heavy atom. The maximum Gasteiger partial charge on any atom is 0.307 e. The molecule has 0 spiro atoms. The summed E-state index contributed by atoms with van der Waals surface area (Å²) in [5, 5.41) is 24.0. The maximum atomic E-state index is 11.1. The van der Waals surface area contributed by atoms with Crippen LogP contribution in [0.5, 0.6) is 0 Å². The van der Waals surface area contributed by atoms with E-state index >= 15 is 0 Å². The van der Waals surface area contributed by atoms with E-state index in [1.807, 2.05) is 0 Å². The number of ether oxygens (including phenoxy) is 5. The summed E-state index contributed by atoms with van der Waals surface area (Å²) in [4.78, 5) is 117. The number of ketones is 1. The largest absolute Gasteiger partial charge is 0.469 e. The van der Waals surface area contributed by atoms with Crippen LogP contribution in [-0.4, -0.2) is 211 Å². The molecule has 0 aromatic rings. The van der Waals surface area contributed by atoms with Crippen molar-refractivity contribution >= 4 is 151 Å². The van der Waals surface area contributed by atoms with Gasteiger partial charge in [0.05, 0.1) is 84.9 Å². The van der Waals surface area contributed by atoms with Crippen LogP contribution in [0.4, 0.5) is 0 Å². The first-order chi connectivity index (χ1) is 35.5. The van der Waals surface area contributed by atoms with Crippen LogP contribution >= 0.6 is 86.9 Å². The van der Waals surface area contributed by atoms with Crippen molar-refractivity contribution in [2.75, 3.05) is 117 Å². The van der Waals surface area contributed by atoms with Gasteiger partial charge in [-0.05, 0) is 50.8 Å². The number of likely N-dealkylation sites (N-methyl/N-ethyl adjacent to an activating group) is 3. The third-order valence-electron chi connectivity index (χ3n) is 9.35. The third-order valence-corrected chi connectivity index (χ3v) is 11.8. The molecule has 0 unspecified atom stereocenters. The summed E-state index contributed by atoms with van der Waals surface area (Å²) in [6.45, 7) is 2.75. The van der Waals surface area contributed by atoms with E-state index in [0.29, 0.717) is 88.3 Å². The second kappa shape index (κ2) is 62.2. The van der Waals surface area contributed by atoms with Crippen LogP contribution in [-0.2, 0) is 76.4 Å². The van der Waals surface area contributed by atoms with Gasteiger partial charge in [-0.1, -0.05) is 78.6 Å². The van der Waals surface area contributed by atoms with E-state index in [1.165, 1.54) is 35.5 Å². The van der Waals surface area contributed by atoms with Gasteiger partial charge in [0.2, 0.25) is 28.2 Å². The first-order valence-electron chi connectivity index (χ1n) is 22.9. The van der Waals surface area contributed by atoms with Crippen LogP contribution in [0, 0.1) is 0 Å². The number of amides is 3. The highest BCUT2D eigenvalue weighted by atomic mass is 79.9. The van der Waals surface area contributed by atoms with Crippen molar-refractivity contribution in [3.8, 4) is 0 Å². The van der Waals surface area contributed by atoms with Gasteiger partial charge in [-0.25, -0.2) is 0 Å². The minimum absolute atomic E-state index is 0.